The van der Waals surface area contributed by atoms with Crippen LogP contribution in [0.25, 0.3) is 0 Å². The number of rotatable bonds is 7. The van der Waals surface area contributed by atoms with E-state index >= 15 is 0 Å². The normalized spacial score (nSPS) is 21.2. The zero-order valence-corrected chi connectivity index (χ0v) is 16.3. The van der Waals surface area contributed by atoms with Gasteiger partial charge < -0.3 is 19.6 Å². The molecule has 8 nitrogen and oxygen atoms in total. The number of carboxylic acids is 1. The Balaban J connectivity index is 1.50. The van der Waals surface area contributed by atoms with Crippen molar-refractivity contribution in [3.63, 3.8) is 0 Å². The maximum Gasteiger partial charge on any atom is 0.326 e. The third-order valence-corrected chi connectivity index (χ3v) is 5.46. The first-order chi connectivity index (χ1) is 14.0. The van der Waals surface area contributed by atoms with Gasteiger partial charge in [-0.2, -0.15) is 0 Å². The monoisotopic (exact) mass is 402 g/mol. The number of amides is 2. The lowest BCUT2D eigenvalue weighted by Crippen LogP contribution is -2.51. The van der Waals surface area contributed by atoms with Gasteiger partial charge in [0.25, 0.3) is 0 Å². The predicted molar refractivity (Wildman–Crippen MR) is 103 cm³/mol. The van der Waals surface area contributed by atoms with Crippen molar-refractivity contribution in [3.05, 3.63) is 35.9 Å². The number of likely N-dealkylation sites (tertiary alicyclic amines) is 2. The number of benzene rings is 1. The van der Waals surface area contributed by atoms with E-state index < -0.39 is 24.0 Å². The van der Waals surface area contributed by atoms with Gasteiger partial charge in [0, 0.05) is 19.5 Å². The number of hydrogen-bond acceptors (Lipinski definition) is 5. The summed E-state index contributed by atoms with van der Waals surface area (Å²) in [7, 11) is 0. The van der Waals surface area contributed by atoms with Crippen molar-refractivity contribution >= 4 is 23.8 Å². The third kappa shape index (κ3) is 5.13. The average Bonchev–Trinajstić information content (AvgIpc) is 3.40. The van der Waals surface area contributed by atoms with Gasteiger partial charge in [0.05, 0.1) is 6.42 Å². The summed E-state index contributed by atoms with van der Waals surface area (Å²) in [6.07, 6.45) is 2.22. The van der Waals surface area contributed by atoms with Crippen LogP contribution in [0.5, 0.6) is 0 Å². The molecule has 2 amide bonds. The Morgan fingerprint density at radius 2 is 1.59 bits per heavy atom. The van der Waals surface area contributed by atoms with Crippen molar-refractivity contribution in [2.45, 2.75) is 57.2 Å². The minimum Gasteiger partial charge on any atom is -0.480 e. The van der Waals surface area contributed by atoms with Gasteiger partial charge in [-0.05, 0) is 31.2 Å². The molecule has 156 valence electrons. The molecule has 2 atom stereocenters. The first kappa shape index (κ1) is 20.8. The lowest BCUT2D eigenvalue weighted by atomic mass is 10.1. The average molecular weight is 402 g/mol. The molecule has 1 N–H and O–H groups in total. The fourth-order valence-electron chi connectivity index (χ4n) is 3.96. The van der Waals surface area contributed by atoms with Gasteiger partial charge in [-0.3, -0.25) is 14.4 Å². The number of carbonyl (C=O) groups is 4. The largest absolute Gasteiger partial charge is 0.480 e. The number of ether oxygens (including phenoxy) is 1. The van der Waals surface area contributed by atoms with E-state index in [1.165, 1.54) is 9.80 Å². The lowest BCUT2D eigenvalue weighted by molar-refractivity contribution is -0.152. The molecule has 29 heavy (non-hydrogen) atoms. The fourth-order valence-corrected chi connectivity index (χ4v) is 3.96. The number of carbonyl (C=O) groups excluding carboxylic acids is 3. The Hall–Kier alpha value is -2.90. The number of aliphatic carboxylic acids is 1. The molecule has 0 spiro atoms. The SMILES string of the molecule is O=C(CCC(=O)N1CCC[C@H]1C(=O)N1CCC[C@H]1C(=O)O)OCc1ccccc1. The molecule has 2 heterocycles. The van der Waals surface area contributed by atoms with Crippen molar-refractivity contribution in [3.8, 4) is 0 Å². The van der Waals surface area contributed by atoms with Crippen molar-refractivity contribution < 1.29 is 29.0 Å². The number of carboxylic acid groups (broad SMARTS) is 1. The molecular formula is C21H26N2O6. The first-order valence-corrected chi connectivity index (χ1v) is 9.99. The lowest BCUT2D eigenvalue weighted by Gasteiger charge is -2.30. The number of hydrogen-bond donors (Lipinski definition) is 1. The van der Waals surface area contributed by atoms with Crippen molar-refractivity contribution in [2.24, 2.45) is 0 Å². The highest BCUT2D eigenvalue weighted by molar-refractivity contribution is 5.92. The summed E-state index contributed by atoms with van der Waals surface area (Å²) in [6, 6.07) is 7.83. The molecule has 2 aliphatic heterocycles. The summed E-state index contributed by atoms with van der Waals surface area (Å²) < 4.78 is 5.19. The highest BCUT2D eigenvalue weighted by atomic mass is 16.5. The fraction of sp³-hybridized carbons (Fsp3) is 0.524. The van der Waals surface area contributed by atoms with Crippen LogP contribution in [0, 0.1) is 0 Å². The second-order valence-electron chi connectivity index (χ2n) is 7.42. The maximum atomic E-state index is 12.9. The van der Waals surface area contributed by atoms with Gasteiger partial charge >= 0.3 is 11.9 Å². The topological polar surface area (TPSA) is 104 Å². The highest BCUT2D eigenvalue weighted by Gasteiger charge is 2.41. The van der Waals surface area contributed by atoms with E-state index in [0.717, 1.165) is 5.56 Å². The van der Waals surface area contributed by atoms with E-state index in [-0.39, 0.29) is 31.3 Å². The summed E-state index contributed by atoms with van der Waals surface area (Å²) in [5.74, 6) is -2.04. The molecule has 8 heteroatoms. The molecular weight excluding hydrogens is 376 g/mol. The Kier molecular flexibility index (Phi) is 6.85. The molecule has 3 rings (SSSR count). The molecule has 0 unspecified atom stereocenters. The molecule has 2 fully saturated rings. The van der Waals surface area contributed by atoms with E-state index in [1.54, 1.807) is 0 Å². The summed E-state index contributed by atoms with van der Waals surface area (Å²) >= 11 is 0. The van der Waals surface area contributed by atoms with Crippen LogP contribution in [0.15, 0.2) is 30.3 Å². The zero-order chi connectivity index (χ0) is 20.8. The predicted octanol–water partition coefficient (Wildman–Crippen LogP) is 1.58. The molecule has 1 aromatic carbocycles. The van der Waals surface area contributed by atoms with Crippen molar-refractivity contribution in [1.29, 1.82) is 0 Å². The molecule has 0 aromatic heterocycles. The summed E-state index contributed by atoms with van der Waals surface area (Å²) in [6.45, 7) is 1.00. The van der Waals surface area contributed by atoms with Gasteiger partial charge in [0.2, 0.25) is 11.8 Å². The van der Waals surface area contributed by atoms with Gasteiger partial charge in [-0.15, -0.1) is 0 Å². The number of nitrogens with zero attached hydrogens (tertiary/aromatic N) is 2. The zero-order valence-electron chi connectivity index (χ0n) is 16.3. The van der Waals surface area contributed by atoms with E-state index in [1.807, 2.05) is 30.3 Å². The van der Waals surface area contributed by atoms with Gasteiger partial charge in [0.15, 0.2) is 0 Å². The Labute approximate surface area is 169 Å². The second-order valence-corrected chi connectivity index (χ2v) is 7.42. The number of esters is 1. The van der Waals surface area contributed by atoms with Crippen molar-refractivity contribution in [1.82, 2.24) is 9.80 Å². The molecule has 0 radical (unpaired) electrons. The van der Waals surface area contributed by atoms with Crippen LogP contribution < -0.4 is 0 Å². The van der Waals surface area contributed by atoms with Crippen LogP contribution >= 0.6 is 0 Å². The van der Waals surface area contributed by atoms with Crippen LogP contribution in [-0.4, -0.2) is 63.8 Å². The minimum atomic E-state index is -1.01. The Bertz CT molecular complexity index is 766. The van der Waals surface area contributed by atoms with Crippen LogP contribution in [0.4, 0.5) is 0 Å². The molecule has 2 aliphatic rings. The van der Waals surface area contributed by atoms with Crippen LogP contribution in [0.1, 0.15) is 44.1 Å². The van der Waals surface area contributed by atoms with Crippen LogP contribution in [-0.2, 0) is 30.5 Å². The molecule has 0 aliphatic carbocycles. The summed E-state index contributed by atoms with van der Waals surface area (Å²) in [5, 5.41) is 9.30. The van der Waals surface area contributed by atoms with Gasteiger partial charge in [-0.25, -0.2) is 4.79 Å². The van der Waals surface area contributed by atoms with Crippen molar-refractivity contribution in [2.75, 3.05) is 13.1 Å². The van der Waals surface area contributed by atoms with Crippen LogP contribution in [0.3, 0.4) is 0 Å². The van der Waals surface area contributed by atoms with Gasteiger partial charge in [-0.1, -0.05) is 30.3 Å². The standard InChI is InChI=1S/C21H26N2O6/c24-18(10-11-19(25)29-14-15-6-2-1-3-7-15)22-12-4-8-16(22)20(26)23-13-5-9-17(23)21(27)28/h1-3,6-7,16-17H,4-5,8-14H2,(H,27,28)/t16-,17-/m0/s1. The molecule has 0 saturated carbocycles. The second kappa shape index (κ2) is 9.54. The molecule has 2 saturated heterocycles. The summed E-state index contributed by atoms with van der Waals surface area (Å²) in [5.41, 5.74) is 0.871. The van der Waals surface area contributed by atoms with E-state index in [2.05, 4.69) is 0 Å². The maximum absolute atomic E-state index is 12.9. The first-order valence-electron chi connectivity index (χ1n) is 9.99. The highest BCUT2D eigenvalue weighted by Crippen LogP contribution is 2.25. The Morgan fingerprint density at radius 1 is 0.931 bits per heavy atom. The molecule has 1 aromatic rings. The quantitative estimate of drug-likeness (QED) is 0.695. The minimum absolute atomic E-state index is 0.0280. The van der Waals surface area contributed by atoms with Crippen LogP contribution in [0.2, 0.25) is 0 Å². The smallest absolute Gasteiger partial charge is 0.326 e. The van der Waals surface area contributed by atoms with E-state index in [9.17, 15) is 24.3 Å². The van der Waals surface area contributed by atoms with E-state index in [0.29, 0.717) is 38.8 Å². The van der Waals surface area contributed by atoms with E-state index in [4.69, 9.17) is 4.74 Å². The van der Waals surface area contributed by atoms with Gasteiger partial charge in [0.1, 0.15) is 18.7 Å². The third-order valence-electron chi connectivity index (χ3n) is 5.46. The molecule has 0 bridgehead atoms. The summed E-state index contributed by atoms with van der Waals surface area (Å²) in [4.78, 5) is 51.6. The Morgan fingerprint density at radius 3 is 2.28 bits per heavy atom.